The van der Waals surface area contributed by atoms with Crippen LogP contribution in [0.25, 0.3) is 10.9 Å². The summed E-state index contributed by atoms with van der Waals surface area (Å²) in [7, 11) is 1.61. The molecule has 0 bridgehead atoms. The van der Waals surface area contributed by atoms with Crippen molar-refractivity contribution in [1.82, 2.24) is 9.88 Å². The zero-order valence-electron chi connectivity index (χ0n) is 14.0. The van der Waals surface area contributed by atoms with E-state index in [0.717, 1.165) is 22.2 Å². The molecule has 2 aromatic rings. The number of rotatable bonds is 4. The molecule has 1 amide bonds. The van der Waals surface area contributed by atoms with Gasteiger partial charge in [0, 0.05) is 30.2 Å². The molecule has 2 N–H and O–H groups in total. The number of nitrogens with one attached hydrogen (secondary N) is 1. The molecule has 0 radical (unpaired) electrons. The molecule has 3 rings (SSSR count). The smallest absolute Gasteiger partial charge is 0.311 e. The van der Waals surface area contributed by atoms with Crippen molar-refractivity contribution in [2.24, 2.45) is 5.41 Å². The van der Waals surface area contributed by atoms with Crippen molar-refractivity contribution in [1.29, 1.82) is 0 Å². The monoisotopic (exact) mass is 330 g/mol. The van der Waals surface area contributed by atoms with E-state index < -0.39 is 11.4 Å². The summed E-state index contributed by atoms with van der Waals surface area (Å²) in [6.07, 6.45) is 3.38. The van der Waals surface area contributed by atoms with Crippen LogP contribution in [0.3, 0.4) is 0 Å². The van der Waals surface area contributed by atoms with Gasteiger partial charge in [0.1, 0.15) is 5.75 Å². The van der Waals surface area contributed by atoms with E-state index in [1.54, 1.807) is 18.9 Å². The average Bonchev–Trinajstić information content (AvgIpc) is 2.98. The third-order valence-corrected chi connectivity index (χ3v) is 4.88. The largest absolute Gasteiger partial charge is 0.496 e. The predicted molar refractivity (Wildman–Crippen MR) is 90.1 cm³/mol. The van der Waals surface area contributed by atoms with E-state index in [0.29, 0.717) is 19.4 Å². The van der Waals surface area contributed by atoms with E-state index in [1.165, 1.54) is 0 Å². The van der Waals surface area contributed by atoms with Crippen molar-refractivity contribution in [2.45, 2.75) is 26.2 Å². The van der Waals surface area contributed by atoms with Crippen molar-refractivity contribution >= 4 is 22.8 Å². The Hall–Kier alpha value is -2.50. The number of carbonyl (C=O) groups excluding carboxylic acids is 1. The van der Waals surface area contributed by atoms with Crippen molar-refractivity contribution in [3.8, 4) is 5.75 Å². The molecule has 1 aromatic heterocycles. The van der Waals surface area contributed by atoms with Crippen LogP contribution in [0, 0.1) is 5.41 Å². The molecule has 0 aliphatic carbocycles. The lowest BCUT2D eigenvalue weighted by molar-refractivity contribution is -0.153. The molecule has 0 spiro atoms. The third-order valence-electron chi connectivity index (χ3n) is 4.88. The number of carbonyl (C=O) groups is 2. The zero-order valence-corrected chi connectivity index (χ0v) is 14.0. The first kappa shape index (κ1) is 16.4. The SMILES string of the molecule is COc1cccc2[nH]cc(CC(=O)N3CCCC(C)(C(=O)O)C3)c12. The molecule has 128 valence electrons. The second kappa shape index (κ2) is 6.19. The number of piperidine rings is 1. The molecular weight excluding hydrogens is 308 g/mol. The average molecular weight is 330 g/mol. The number of carboxylic acid groups (broad SMARTS) is 1. The quantitative estimate of drug-likeness (QED) is 0.902. The highest BCUT2D eigenvalue weighted by atomic mass is 16.5. The Morgan fingerprint density at radius 1 is 1.42 bits per heavy atom. The lowest BCUT2D eigenvalue weighted by atomic mass is 9.82. The Bertz CT molecular complexity index is 782. The maximum absolute atomic E-state index is 12.7. The Balaban J connectivity index is 1.81. The molecule has 1 aliphatic heterocycles. The van der Waals surface area contributed by atoms with Crippen molar-refractivity contribution in [3.63, 3.8) is 0 Å². The van der Waals surface area contributed by atoms with Gasteiger partial charge in [-0.25, -0.2) is 0 Å². The fourth-order valence-electron chi connectivity index (χ4n) is 3.43. The first-order valence-corrected chi connectivity index (χ1v) is 8.09. The Morgan fingerprint density at radius 2 is 2.21 bits per heavy atom. The number of fused-ring (bicyclic) bond motifs is 1. The van der Waals surface area contributed by atoms with Crippen LogP contribution >= 0.6 is 0 Å². The normalized spacial score (nSPS) is 21.0. The predicted octanol–water partition coefficient (Wildman–Crippen LogP) is 2.43. The molecule has 6 nitrogen and oxygen atoms in total. The van der Waals surface area contributed by atoms with Crippen LogP contribution in [-0.4, -0.2) is 47.1 Å². The van der Waals surface area contributed by atoms with Gasteiger partial charge >= 0.3 is 5.97 Å². The van der Waals surface area contributed by atoms with Crippen molar-refractivity contribution < 1.29 is 19.4 Å². The van der Waals surface area contributed by atoms with Crippen LogP contribution in [0.4, 0.5) is 0 Å². The van der Waals surface area contributed by atoms with E-state index in [2.05, 4.69) is 4.98 Å². The summed E-state index contributed by atoms with van der Waals surface area (Å²) < 4.78 is 5.40. The van der Waals surface area contributed by atoms with Gasteiger partial charge in [-0.05, 0) is 37.5 Å². The van der Waals surface area contributed by atoms with Gasteiger partial charge in [-0.2, -0.15) is 0 Å². The second-order valence-electron chi connectivity index (χ2n) is 6.66. The van der Waals surface area contributed by atoms with Crippen molar-refractivity contribution in [2.75, 3.05) is 20.2 Å². The lowest BCUT2D eigenvalue weighted by Gasteiger charge is -2.37. The molecule has 6 heteroatoms. The molecule has 1 aliphatic rings. The van der Waals surface area contributed by atoms with Crippen LogP contribution < -0.4 is 4.74 Å². The molecule has 1 unspecified atom stereocenters. The highest BCUT2D eigenvalue weighted by Crippen LogP contribution is 2.32. The Kier molecular flexibility index (Phi) is 4.22. The second-order valence-corrected chi connectivity index (χ2v) is 6.66. The molecule has 1 atom stereocenters. The summed E-state index contributed by atoms with van der Waals surface area (Å²) in [4.78, 5) is 29.0. The number of likely N-dealkylation sites (tertiary alicyclic amines) is 1. The molecule has 1 aromatic carbocycles. The van der Waals surface area contributed by atoms with Gasteiger partial charge in [0.2, 0.25) is 5.91 Å². The third kappa shape index (κ3) is 2.84. The molecule has 2 heterocycles. The van der Waals surface area contributed by atoms with Gasteiger partial charge in [-0.1, -0.05) is 6.07 Å². The van der Waals surface area contributed by atoms with E-state index >= 15 is 0 Å². The van der Waals surface area contributed by atoms with Gasteiger partial charge < -0.3 is 19.7 Å². The Morgan fingerprint density at radius 3 is 2.92 bits per heavy atom. The fraction of sp³-hybridized carbons (Fsp3) is 0.444. The number of nitrogens with zero attached hydrogens (tertiary/aromatic N) is 1. The molecule has 1 fully saturated rings. The van der Waals surface area contributed by atoms with E-state index in [9.17, 15) is 14.7 Å². The van der Waals surface area contributed by atoms with Crippen LogP contribution in [0.2, 0.25) is 0 Å². The minimum Gasteiger partial charge on any atom is -0.496 e. The number of methoxy groups -OCH3 is 1. The number of amides is 1. The standard InChI is InChI=1S/C18H22N2O4/c1-18(17(22)23)7-4-8-20(11-18)15(21)9-12-10-19-13-5-3-6-14(24-2)16(12)13/h3,5-6,10,19H,4,7-9,11H2,1-2H3,(H,22,23). The maximum atomic E-state index is 12.7. The highest BCUT2D eigenvalue weighted by Gasteiger charge is 2.39. The van der Waals surface area contributed by atoms with E-state index in [4.69, 9.17) is 4.74 Å². The number of ether oxygens (including phenoxy) is 1. The molecule has 0 saturated carbocycles. The van der Waals surface area contributed by atoms with Gasteiger partial charge in [0.05, 0.1) is 18.9 Å². The molecule has 24 heavy (non-hydrogen) atoms. The number of carboxylic acids is 1. The van der Waals surface area contributed by atoms with Crippen LogP contribution in [0.5, 0.6) is 5.75 Å². The minimum absolute atomic E-state index is 0.0472. The summed E-state index contributed by atoms with van der Waals surface area (Å²) in [5.41, 5.74) is 0.937. The number of hydrogen-bond donors (Lipinski definition) is 2. The number of aromatic amines is 1. The number of aliphatic carboxylic acids is 1. The van der Waals surface area contributed by atoms with E-state index in [1.807, 2.05) is 24.4 Å². The van der Waals surface area contributed by atoms with Crippen LogP contribution in [-0.2, 0) is 16.0 Å². The highest BCUT2D eigenvalue weighted by molar-refractivity contribution is 5.93. The lowest BCUT2D eigenvalue weighted by Crippen LogP contribution is -2.48. The van der Waals surface area contributed by atoms with Crippen molar-refractivity contribution in [3.05, 3.63) is 30.0 Å². The summed E-state index contributed by atoms with van der Waals surface area (Å²) in [6.45, 7) is 2.59. The zero-order chi connectivity index (χ0) is 17.3. The summed E-state index contributed by atoms with van der Waals surface area (Å²) in [5.74, 6) is -0.159. The number of H-pyrrole nitrogens is 1. The molecule has 1 saturated heterocycles. The van der Waals surface area contributed by atoms with Gasteiger partial charge in [0.15, 0.2) is 0 Å². The molecular formula is C18H22N2O4. The minimum atomic E-state index is -0.855. The van der Waals surface area contributed by atoms with Gasteiger partial charge in [-0.15, -0.1) is 0 Å². The fourth-order valence-corrected chi connectivity index (χ4v) is 3.43. The van der Waals surface area contributed by atoms with E-state index in [-0.39, 0.29) is 18.9 Å². The maximum Gasteiger partial charge on any atom is 0.311 e. The Labute approximate surface area is 140 Å². The van der Waals surface area contributed by atoms with Gasteiger partial charge in [-0.3, -0.25) is 9.59 Å². The first-order chi connectivity index (χ1) is 11.4. The number of aromatic nitrogens is 1. The number of benzene rings is 1. The summed E-state index contributed by atoms with van der Waals surface area (Å²) in [5, 5.41) is 10.3. The first-order valence-electron chi connectivity index (χ1n) is 8.09. The number of hydrogen-bond acceptors (Lipinski definition) is 3. The van der Waals surface area contributed by atoms with Crippen LogP contribution in [0.15, 0.2) is 24.4 Å². The van der Waals surface area contributed by atoms with Gasteiger partial charge in [0.25, 0.3) is 0 Å². The topological polar surface area (TPSA) is 82.6 Å². The summed E-state index contributed by atoms with van der Waals surface area (Å²) >= 11 is 0. The summed E-state index contributed by atoms with van der Waals surface area (Å²) in [6, 6.07) is 5.70. The van der Waals surface area contributed by atoms with Crippen LogP contribution in [0.1, 0.15) is 25.3 Å².